The molecule has 2 aromatic rings. The third kappa shape index (κ3) is 4.51. The molecule has 1 amide bonds. The summed E-state index contributed by atoms with van der Waals surface area (Å²) in [5.74, 6) is 0.114. The monoisotopic (exact) mass is 365 g/mol. The van der Waals surface area contributed by atoms with Gasteiger partial charge in [0.2, 0.25) is 0 Å². The summed E-state index contributed by atoms with van der Waals surface area (Å²) in [4.78, 5) is 19.7. The van der Waals surface area contributed by atoms with Crippen LogP contribution in [-0.4, -0.2) is 48.4 Å². The number of likely N-dealkylation sites (N-methyl/N-ethyl adjacent to an activating group) is 1. The number of amides is 1. The number of rotatable bonds is 5. The van der Waals surface area contributed by atoms with E-state index >= 15 is 0 Å². The summed E-state index contributed by atoms with van der Waals surface area (Å²) in [5.41, 5.74) is 4.45. The zero-order chi connectivity index (χ0) is 19.4. The van der Waals surface area contributed by atoms with Crippen molar-refractivity contribution in [1.29, 1.82) is 0 Å². The van der Waals surface area contributed by atoms with Gasteiger partial charge in [-0.15, -0.1) is 0 Å². The van der Waals surface area contributed by atoms with Gasteiger partial charge in [0.15, 0.2) is 0 Å². The van der Waals surface area contributed by atoms with Gasteiger partial charge in [0.25, 0.3) is 5.91 Å². The zero-order valence-corrected chi connectivity index (χ0v) is 17.0. The normalized spacial score (nSPS) is 14.4. The van der Waals surface area contributed by atoms with Gasteiger partial charge in [0.05, 0.1) is 0 Å². The standard InChI is InChI=1S/C23H31N3O/c1-5-25(18(2)3)16-19-10-12-20(13-11-19)23(27)26-15-14-24(4)22-9-7-6-8-21(22)17-26/h6-13,18H,5,14-17H2,1-4H3. The van der Waals surface area contributed by atoms with E-state index in [2.05, 4.69) is 68.0 Å². The Bertz CT molecular complexity index is 769. The van der Waals surface area contributed by atoms with Gasteiger partial charge in [-0.25, -0.2) is 0 Å². The fraction of sp³-hybridized carbons (Fsp3) is 0.435. The molecule has 0 saturated carbocycles. The summed E-state index contributed by atoms with van der Waals surface area (Å²) in [6.45, 7) is 10.8. The Hall–Kier alpha value is -2.33. The molecule has 0 unspecified atom stereocenters. The molecule has 0 fully saturated rings. The van der Waals surface area contributed by atoms with E-state index in [1.165, 1.54) is 16.8 Å². The predicted molar refractivity (Wildman–Crippen MR) is 112 cm³/mol. The third-order valence-electron chi connectivity index (χ3n) is 5.48. The van der Waals surface area contributed by atoms with Crippen molar-refractivity contribution in [2.75, 3.05) is 31.6 Å². The molecule has 0 saturated heterocycles. The number of hydrogen-bond donors (Lipinski definition) is 0. The highest BCUT2D eigenvalue weighted by Gasteiger charge is 2.22. The highest BCUT2D eigenvalue weighted by Crippen LogP contribution is 2.24. The Labute approximate surface area is 163 Å². The minimum absolute atomic E-state index is 0.114. The van der Waals surface area contributed by atoms with Gasteiger partial charge in [0.1, 0.15) is 0 Å². The van der Waals surface area contributed by atoms with Gasteiger partial charge in [-0.3, -0.25) is 9.69 Å². The van der Waals surface area contributed by atoms with Crippen LogP contribution in [0, 0.1) is 0 Å². The predicted octanol–water partition coefficient (Wildman–Crippen LogP) is 4.01. The number of carbonyl (C=O) groups excluding carboxylic acids is 1. The molecule has 1 heterocycles. The summed E-state index contributed by atoms with van der Waals surface area (Å²) >= 11 is 0. The summed E-state index contributed by atoms with van der Waals surface area (Å²) in [6, 6.07) is 17.0. The first kappa shape index (κ1) is 19.4. The fourth-order valence-corrected chi connectivity index (χ4v) is 3.70. The van der Waals surface area contributed by atoms with Gasteiger partial charge in [0, 0.05) is 50.5 Å². The first-order valence-electron chi connectivity index (χ1n) is 9.91. The number of para-hydroxylation sites is 1. The van der Waals surface area contributed by atoms with E-state index in [4.69, 9.17) is 0 Å². The highest BCUT2D eigenvalue weighted by atomic mass is 16.2. The maximum atomic E-state index is 13.1. The molecule has 2 aromatic carbocycles. The maximum absolute atomic E-state index is 13.1. The molecule has 0 radical (unpaired) electrons. The molecule has 0 aromatic heterocycles. The lowest BCUT2D eigenvalue weighted by atomic mass is 10.1. The Morgan fingerprint density at radius 2 is 1.78 bits per heavy atom. The smallest absolute Gasteiger partial charge is 0.254 e. The molecule has 1 aliphatic rings. The molecule has 27 heavy (non-hydrogen) atoms. The Morgan fingerprint density at radius 1 is 1.07 bits per heavy atom. The highest BCUT2D eigenvalue weighted by molar-refractivity contribution is 5.94. The summed E-state index contributed by atoms with van der Waals surface area (Å²) in [6.07, 6.45) is 0. The van der Waals surface area contributed by atoms with Gasteiger partial charge >= 0.3 is 0 Å². The largest absolute Gasteiger partial charge is 0.373 e. The second-order valence-corrected chi connectivity index (χ2v) is 7.63. The van der Waals surface area contributed by atoms with Crippen molar-refractivity contribution in [2.45, 2.75) is 39.9 Å². The van der Waals surface area contributed by atoms with Crippen LogP contribution >= 0.6 is 0 Å². The van der Waals surface area contributed by atoms with Crippen LogP contribution in [0.25, 0.3) is 0 Å². The SMILES string of the molecule is CCN(Cc1ccc(C(=O)N2CCN(C)c3ccccc3C2)cc1)C(C)C. The van der Waals surface area contributed by atoms with E-state index in [0.717, 1.165) is 31.7 Å². The van der Waals surface area contributed by atoms with Gasteiger partial charge in [-0.1, -0.05) is 37.3 Å². The van der Waals surface area contributed by atoms with E-state index in [0.29, 0.717) is 12.6 Å². The fourth-order valence-electron chi connectivity index (χ4n) is 3.70. The second-order valence-electron chi connectivity index (χ2n) is 7.63. The molecule has 0 aliphatic carbocycles. The lowest BCUT2D eigenvalue weighted by Gasteiger charge is -2.25. The van der Waals surface area contributed by atoms with Crippen LogP contribution < -0.4 is 4.90 Å². The van der Waals surface area contributed by atoms with Crippen LogP contribution in [-0.2, 0) is 13.1 Å². The van der Waals surface area contributed by atoms with Crippen LogP contribution in [0.3, 0.4) is 0 Å². The minimum atomic E-state index is 0.114. The molecule has 0 spiro atoms. The molecule has 0 atom stereocenters. The first-order valence-corrected chi connectivity index (χ1v) is 9.91. The molecule has 144 valence electrons. The average Bonchev–Trinajstić information content (AvgIpc) is 2.85. The van der Waals surface area contributed by atoms with E-state index in [-0.39, 0.29) is 5.91 Å². The number of benzene rings is 2. The van der Waals surface area contributed by atoms with Crippen LogP contribution in [0.15, 0.2) is 48.5 Å². The van der Waals surface area contributed by atoms with Crippen molar-refractivity contribution in [3.63, 3.8) is 0 Å². The van der Waals surface area contributed by atoms with Crippen LogP contribution in [0.1, 0.15) is 42.3 Å². The molecule has 4 heteroatoms. The van der Waals surface area contributed by atoms with Gasteiger partial charge in [-0.05, 0) is 49.7 Å². The topological polar surface area (TPSA) is 26.8 Å². The van der Waals surface area contributed by atoms with Crippen LogP contribution in [0.5, 0.6) is 0 Å². The van der Waals surface area contributed by atoms with E-state index in [1.807, 2.05) is 23.1 Å². The number of nitrogens with zero attached hydrogens (tertiary/aromatic N) is 3. The Morgan fingerprint density at radius 3 is 2.44 bits per heavy atom. The summed E-state index contributed by atoms with van der Waals surface area (Å²) < 4.78 is 0. The first-order chi connectivity index (χ1) is 13.0. The molecular formula is C23H31N3O. The second kappa shape index (κ2) is 8.57. The molecule has 4 nitrogen and oxygen atoms in total. The number of anilines is 1. The molecule has 1 aliphatic heterocycles. The summed E-state index contributed by atoms with van der Waals surface area (Å²) in [5, 5.41) is 0. The number of hydrogen-bond acceptors (Lipinski definition) is 3. The van der Waals surface area contributed by atoms with Gasteiger partial charge in [-0.2, -0.15) is 0 Å². The van der Waals surface area contributed by atoms with E-state index in [1.54, 1.807) is 0 Å². The average molecular weight is 366 g/mol. The molecular weight excluding hydrogens is 334 g/mol. The van der Waals surface area contributed by atoms with Crippen LogP contribution in [0.4, 0.5) is 5.69 Å². The van der Waals surface area contributed by atoms with Crippen molar-refractivity contribution in [1.82, 2.24) is 9.80 Å². The lowest BCUT2D eigenvalue weighted by Crippen LogP contribution is -2.34. The van der Waals surface area contributed by atoms with Crippen molar-refractivity contribution in [3.8, 4) is 0 Å². The van der Waals surface area contributed by atoms with Crippen molar-refractivity contribution >= 4 is 11.6 Å². The van der Waals surface area contributed by atoms with E-state index in [9.17, 15) is 4.79 Å². The number of fused-ring (bicyclic) bond motifs is 1. The minimum Gasteiger partial charge on any atom is -0.373 e. The maximum Gasteiger partial charge on any atom is 0.254 e. The lowest BCUT2D eigenvalue weighted by molar-refractivity contribution is 0.0751. The Balaban J connectivity index is 1.72. The van der Waals surface area contributed by atoms with Crippen molar-refractivity contribution in [3.05, 3.63) is 65.2 Å². The van der Waals surface area contributed by atoms with Gasteiger partial charge < -0.3 is 9.80 Å². The Kier molecular flexibility index (Phi) is 6.17. The quantitative estimate of drug-likeness (QED) is 0.801. The van der Waals surface area contributed by atoms with Crippen LogP contribution in [0.2, 0.25) is 0 Å². The van der Waals surface area contributed by atoms with Crippen molar-refractivity contribution in [2.24, 2.45) is 0 Å². The van der Waals surface area contributed by atoms with Crippen molar-refractivity contribution < 1.29 is 4.79 Å². The molecule has 3 rings (SSSR count). The zero-order valence-electron chi connectivity index (χ0n) is 17.0. The van der Waals surface area contributed by atoms with E-state index < -0.39 is 0 Å². The number of carbonyl (C=O) groups is 1. The molecule has 0 N–H and O–H groups in total. The summed E-state index contributed by atoms with van der Waals surface area (Å²) in [7, 11) is 2.09. The third-order valence-corrected chi connectivity index (χ3v) is 5.48. The molecule has 0 bridgehead atoms.